The summed E-state index contributed by atoms with van der Waals surface area (Å²) in [5.74, 6) is -0.938. The van der Waals surface area contributed by atoms with Gasteiger partial charge in [0.1, 0.15) is 5.69 Å². The van der Waals surface area contributed by atoms with Gasteiger partial charge in [-0.1, -0.05) is 11.6 Å². The number of aromatic hydroxyl groups is 2. The molecule has 2 aromatic rings. The van der Waals surface area contributed by atoms with Gasteiger partial charge in [0.05, 0.1) is 20.7 Å². The molecule has 0 fully saturated rings. The number of hydrogen-bond acceptors (Lipinski definition) is 5. The number of hydrogen-bond donors (Lipinski definition) is 4. The van der Waals surface area contributed by atoms with E-state index < -0.39 is 21.7 Å². The second-order valence-corrected chi connectivity index (χ2v) is 5.94. The number of thiol groups is 1. The monoisotopic (exact) mass is 286 g/mol. The number of H-pyrrole nitrogens is 1. The standard InChI is InChI=1S/C11H11ClN2O3S/c1-11(2,18)10-9(17)6-4(13-14-10)3-5(15)8(16)7(6)12/h3,15-16,18H,1-2H3,(H,13,17). The minimum Gasteiger partial charge on any atom is -0.504 e. The Kier molecular flexibility index (Phi) is 2.95. The van der Waals surface area contributed by atoms with Crippen molar-refractivity contribution in [1.29, 1.82) is 0 Å². The summed E-state index contributed by atoms with van der Waals surface area (Å²) in [6.07, 6.45) is 0. The van der Waals surface area contributed by atoms with Crippen LogP contribution >= 0.6 is 24.2 Å². The van der Waals surface area contributed by atoms with Gasteiger partial charge >= 0.3 is 0 Å². The number of benzene rings is 1. The second-order valence-electron chi connectivity index (χ2n) is 4.44. The van der Waals surface area contributed by atoms with E-state index in [0.29, 0.717) is 0 Å². The zero-order chi connectivity index (χ0) is 13.7. The van der Waals surface area contributed by atoms with Crippen LogP contribution in [0.15, 0.2) is 10.9 Å². The molecule has 5 nitrogen and oxygen atoms in total. The van der Waals surface area contributed by atoms with E-state index in [1.807, 2.05) is 0 Å². The van der Waals surface area contributed by atoms with Crippen molar-refractivity contribution in [3.63, 3.8) is 0 Å². The summed E-state index contributed by atoms with van der Waals surface area (Å²) >= 11 is 10.2. The fourth-order valence-electron chi connectivity index (χ4n) is 1.64. The van der Waals surface area contributed by atoms with Crippen LogP contribution in [-0.2, 0) is 4.75 Å². The zero-order valence-electron chi connectivity index (χ0n) is 9.65. The molecule has 1 heterocycles. The molecule has 0 aliphatic carbocycles. The second kappa shape index (κ2) is 4.07. The molecule has 3 N–H and O–H groups in total. The summed E-state index contributed by atoms with van der Waals surface area (Å²) in [4.78, 5) is 12.3. The lowest BCUT2D eigenvalue weighted by atomic mass is 10.1. The van der Waals surface area contributed by atoms with Crippen LogP contribution in [0.1, 0.15) is 19.5 Å². The zero-order valence-corrected chi connectivity index (χ0v) is 11.3. The first-order chi connectivity index (χ1) is 8.23. The third-order valence-corrected chi connectivity index (χ3v) is 3.11. The number of phenols is 2. The molecule has 96 valence electrons. The fraction of sp³-hybridized carbons (Fsp3) is 0.273. The summed E-state index contributed by atoms with van der Waals surface area (Å²) in [6.45, 7) is 3.43. The Morgan fingerprint density at radius 2 is 2.06 bits per heavy atom. The first-order valence-electron chi connectivity index (χ1n) is 5.09. The van der Waals surface area contributed by atoms with Crippen molar-refractivity contribution in [2.75, 3.05) is 0 Å². The molecule has 1 aromatic carbocycles. The minimum atomic E-state index is -0.751. The van der Waals surface area contributed by atoms with E-state index in [-0.39, 0.29) is 21.6 Å². The Balaban J connectivity index is 2.96. The van der Waals surface area contributed by atoms with Crippen LogP contribution in [0.3, 0.4) is 0 Å². The number of halogens is 1. The van der Waals surface area contributed by atoms with Crippen molar-refractivity contribution in [2.24, 2.45) is 0 Å². The maximum absolute atomic E-state index is 12.3. The third-order valence-electron chi connectivity index (χ3n) is 2.53. The van der Waals surface area contributed by atoms with Crippen molar-refractivity contribution < 1.29 is 10.2 Å². The summed E-state index contributed by atoms with van der Waals surface area (Å²) in [5.41, 5.74) is 0.0102. The van der Waals surface area contributed by atoms with Crippen LogP contribution in [0.5, 0.6) is 11.5 Å². The molecule has 0 atom stereocenters. The maximum Gasteiger partial charge on any atom is 0.214 e. The predicted octanol–water partition coefficient (Wildman–Crippen LogP) is 2.15. The Hall–Kier alpha value is -1.40. The highest BCUT2D eigenvalue weighted by Gasteiger charge is 2.24. The molecule has 0 saturated carbocycles. The highest BCUT2D eigenvalue weighted by Crippen LogP contribution is 2.37. The van der Waals surface area contributed by atoms with Crippen LogP contribution in [0, 0.1) is 0 Å². The van der Waals surface area contributed by atoms with E-state index in [4.69, 9.17) is 11.6 Å². The summed E-state index contributed by atoms with van der Waals surface area (Å²) in [5, 5.41) is 25.4. The lowest BCUT2D eigenvalue weighted by molar-refractivity contribution is 0.405. The van der Waals surface area contributed by atoms with Gasteiger partial charge < -0.3 is 10.2 Å². The smallest absolute Gasteiger partial charge is 0.214 e. The predicted molar refractivity (Wildman–Crippen MR) is 72.7 cm³/mol. The van der Waals surface area contributed by atoms with Gasteiger partial charge in [0, 0.05) is 6.07 Å². The van der Waals surface area contributed by atoms with Gasteiger partial charge in [-0.15, -0.1) is 0 Å². The van der Waals surface area contributed by atoms with Crippen LogP contribution in [0.2, 0.25) is 5.02 Å². The highest BCUT2D eigenvalue weighted by atomic mass is 35.5. The average Bonchev–Trinajstić information content (AvgIpc) is 2.24. The minimum absolute atomic E-state index is 0.0825. The lowest BCUT2D eigenvalue weighted by Gasteiger charge is -2.16. The van der Waals surface area contributed by atoms with Gasteiger partial charge in [0.15, 0.2) is 11.5 Å². The van der Waals surface area contributed by atoms with E-state index in [2.05, 4.69) is 22.8 Å². The van der Waals surface area contributed by atoms with Crippen molar-refractivity contribution in [3.05, 3.63) is 27.0 Å². The number of rotatable bonds is 1. The topological polar surface area (TPSA) is 86.2 Å². The highest BCUT2D eigenvalue weighted by molar-refractivity contribution is 7.81. The molecular formula is C11H11ClN2O3S. The maximum atomic E-state index is 12.3. The normalized spacial score (nSPS) is 12.0. The van der Waals surface area contributed by atoms with Gasteiger partial charge in [-0.25, -0.2) is 0 Å². The fourth-order valence-corrected chi connectivity index (χ4v) is 2.07. The van der Waals surface area contributed by atoms with Gasteiger partial charge in [-0.2, -0.15) is 17.7 Å². The Morgan fingerprint density at radius 1 is 1.44 bits per heavy atom. The van der Waals surface area contributed by atoms with E-state index >= 15 is 0 Å². The molecule has 0 bridgehead atoms. The van der Waals surface area contributed by atoms with Crippen molar-refractivity contribution >= 4 is 35.1 Å². The molecule has 0 radical (unpaired) electrons. The van der Waals surface area contributed by atoms with Crippen LogP contribution < -0.4 is 5.43 Å². The summed E-state index contributed by atoms with van der Waals surface area (Å²) < 4.78 is -0.751. The SMILES string of the molecule is CC(C)(S)c1n[nH]c2cc(O)c(O)c(Cl)c2c1=O. The van der Waals surface area contributed by atoms with E-state index in [1.165, 1.54) is 6.07 Å². The van der Waals surface area contributed by atoms with E-state index in [9.17, 15) is 15.0 Å². The number of nitrogens with zero attached hydrogens (tertiary/aromatic N) is 1. The quantitative estimate of drug-likeness (QED) is 0.478. The molecule has 0 aliphatic rings. The molecule has 0 saturated heterocycles. The first kappa shape index (κ1) is 13.0. The average molecular weight is 287 g/mol. The molecule has 7 heteroatoms. The number of fused-ring (bicyclic) bond motifs is 1. The molecule has 18 heavy (non-hydrogen) atoms. The van der Waals surface area contributed by atoms with E-state index in [0.717, 1.165) is 0 Å². The van der Waals surface area contributed by atoms with Crippen molar-refractivity contribution in [3.8, 4) is 11.5 Å². The van der Waals surface area contributed by atoms with Crippen molar-refractivity contribution in [2.45, 2.75) is 18.6 Å². The molecule has 0 aliphatic heterocycles. The molecule has 0 unspecified atom stereocenters. The van der Waals surface area contributed by atoms with Gasteiger partial charge in [-0.05, 0) is 13.8 Å². The lowest BCUT2D eigenvalue weighted by Crippen LogP contribution is -2.24. The van der Waals surface area contributed by atoms with Gasteiger partial charge in [0.25, 0.3) is 0 Å². The largest absolute Gasteiger partial charge is 0.504 e. The molecule has 0 amide bonds. The summed E-state index contributed by atoms with van der Waals surface area (Å²) in [7, 11) is 0. The third kappa shape index (κ3) is 1.91. The Morgan fingerprint density at radius 3 is 2.61 bits per heavy atom. The van der Waals surface area contributed by atoms with Gasteiger partial charge in [0.2, 0.25) is 5.43 Å². The number of aromatic nitrogens is 2. The Labute approximate surface area is 113 Å². The van der Waals surface area contributed by atoms with Crippen LogP contribution in [0.4, 0.5) is 0 Å². The molecule has 0 spiro atoms. The van der Waals surface area contributed by atoms with Crippen LogP contribution in [-0.4, -0.2) is 20.4 Å². The molecular weight excluding hydrogens is 276 g/mol. The van der Waals surface area contributed by atoms with E-state index in [1.54, 1.807) is 13.8 Å². The van der Waals surface area contributed by atoms with Gasteiger partial charge in [-0.3, -0.25) is 9.89 Å². The number of phenolic OH excluding ortho intramolecular Hbond substituents is 2. The molecule has 2 rings (SSSR count). The number of aromatic amines is 1. The first-order valence-corrected chi connectivity index (χ1v) is 5.91. The molecule has 1 aromatic heterocycles. The Bertz CT molecular complexity index is 691. The van der Waals surface area contributed by atoms with Crippen molar-refractivity contribution in [1.82, 2.24) is 10.2 Å². The van der Waals surface area contributed by atoms with Crippen LogP contribution in [0.25, 0.3) is 10.9 Å². The summed E-state index contributed by atoms with van der Waals surface area (Å²) in [6, 6.07) is 1.19. The number of nitrogens with one attached hydrogen (secondary N) is 1.